The molecule has 2 heterocycles. The van der Waals surface area contributed by atoms with Crippen LogP contribution in [0.3, 0.4) is 0 Å². The molecule has 0 spiro atoms. The minimum atomic E-state index is -2.77. The van der Waals surface area contributed by atoms with E-state index in [9.17, 15) is 8.42 Å². The lowest BCUT2D eigenvalue weighted by Crippen LogP contribution is -2.53. The molecule has 2 saturated heterocycles. The molecule has 2 aliphatic heterocycles. The van der Waals surface area contributed by atoms with Gasteiger partial charge in [0.1, 0.15) is 0 Å². The topological polar surface area (TPSA) is 49.4 Å². The van der Waals surface area contributed by atoms with Crippen molar-refractivity contribution in [1.29, 1.82) is 0 Å². The zero-order chi connectivity index (χ0) is 12.6. The van der Waals surface area contributed by atoms with Gasteiger partial charge < -0.3 is 5.32 Å². The lowest BCUT2D eigenvalue weighted by Gasteiger charge is -2.40. The van der Waals surface area contributed by atoms with Gasteiger partial charge in [-0.05, 0) is 45.1 Å². The van der Waals surface area contributed by atoms with Gasteiger partial charge in [-0.2, -0.15) is 0 Å². The molecule has 3 rings (SSSR count). The van der Waals surface area contributed by atoms with Gasteiger partial charge >= 0.3 is 0 Å². The number of piperidine rings is 1. The molecule has 3 fully saturated rings. The van der Waals surface area contributed by atoms with E-state index >= 15 is 0 Å². The summed E-state index contributed by atoms with van der Waals surface area (Å²) in [4.78, 5) is 2.43. The molecular weight excluding hydrogens is 248 g/mol. The number of nitrogens with zero attached hydrogens (tertiary/aromatic N) is 1. The molecule has 4 nitrogen and oxygen atoms in total. The summed E-state index contributed by atoms with van der Waals surface area (Å²) in [7, 11) is -2.77. The quantitative estimate of drug-likeness (QED) is 0.825. The van der Waals surface area contributed by atoms with Gasteiger partial charge in [-0.15, -0.1) is 0 Å². The third-order valence-electron chi connectivity index (χ3n) is 4.46. The summed E-state index contributed by atoms with van der Waals surface area (Å²) >= 11 is 0. The maximum Gasteiger partial charge on any atom is 0.151 e. The minimum absolute atomic E-state index is 0.285. The molecule has 5 heteroatoms. The van der Waals surface area contributed by atoms with E-state index < -0.39 is 9.84 Å². The second kappa shape index (κ2) is 5.10. The number of hydrogen-bond donors (Lipinski definition) is 1. The fourth-order valence-corrected chi connectivity index (χ4v) is 5.08. The molecule has 104 valence electrons. The van der Waals surface area contributed by atoms with Crippen molar-refractivity contribution in [3.63, 3.8) is 0 Å². The van der Waals surface area contributed by atoms with E-state index in [0.717, 1.165) is 32.0 Å². The molecule has 0 radical (unpaired) electrons. The van der Waals surface area contributed by atoms with E-state index in [-0.39, 0.29) is 6.04 Å². The Balaban J connectivity index is 1.57. The Hall–Kier alpha value is -0.130. The van der Waals surface area contributed by atoms with Gasteiger partial charge in [0.05, 0.1) is 11.5 Å². The van der Waals surface area contributed by atoms with Gasteiger partial charge in [-0.25, -0.2) is 8.42 Å². The highest BCUT2D eigenvalue weighted by molar-refractivity contribution is 7.91. The number of nitrogens with one attached hydrogen (secondary N) is 1. The van der Waals surface area contributed by atoms with Crippen molar-refractivity contribution < 1.29 is 8.42 Å². The lowest BCUT2D eigenvalue weighted by atomic mass is 10.0. The SMILES string of the molecule is O=S1(=O)CCCC(N2CCCC(NC3CC3)C2)C1. The van der Waals surface area contributed by atoms with Crippen LogP contribution < -0.4 is 5.32 Å². The lowest BCUT2D eigenvalue weighted by molar-refractivity contribution is 0.138. The average Bonchev–Trinajstić information content (AvgIpc) is 3.12. The predicted molar refractivity (Wildman–Crippen MR) is 72.4 cm³/mol. The van der Waals surface area contributed by atoms with Crippen LogP contribution in [0.5, 0.6) is 0 Å². The fourth-order valence-electron chi connectivity index (χ4n) is 3.34. The average molecular weight is 272 g/mol. The normalized spacial score (nSPS) is 37.6. The molecule has 0 amide bonds. The molecular formula is C13H24N2O2S. The second-order valence-corrected chi connectivity index (χ2v) is 8.41. The summed E-state index contributed by atoms with van der Waals surface area (Å²) in [5.74, 6) is 0.796. The summed E-state index contributed by atoms with van der Waals surface area (Å²) in [6.45, 7) is 2.14. The zero-order valence-electron chi connectivity index (χ0n) is 11.0. The summed E-state index contributed by atoms with van der Waals surface area (Å²) < 4.78 is 23.5. The monoisotopic (exact) mass is 272 g/mol. The van der Waals surface area contributed by atoms with E-state index in [0.29, 0.717) is 17.5 Å². The highest BCUT2D eigenvalue weighted by Gasteiger charge is 2.33. The van der Waals surface area contributed by atoms with Crippen LogP contribution in [0.4, 0.5) is 0 Å². The molecule has 0 bridgehead atoms. The Morgan fingerprint density at radius 1 is 1.00 bits per heavy atom. The van der Waals surface area contributed by atoms with Gasteiger partial charge in [0.25, 0.3) is 0 Å². The van der Waals surface area contributed by atoms with Crippen molar-refractivity contribution >= 4 is 9.84 Å². The van der Waals surface area contributed by atoms with E-state index in [1.807, 2.05) is 0 Å². The van der Waals surface area contributed by atoms with E-state index in [1.54, 1.807) is 0 Å². The molecule has 18 heavy (non-hydrogen) atoms. The molecule has 2 unspecified atom stereocenters. The van der Waals surface area contributed by atoms with E-state index in [4.69, 9.17) is 0 Å². The number of sulfone groups is 1. The maximum atomic E-state index is 11.7. The molecule has 1 aliphatic carbocycles. The van der Waals surface area contributed by atoms with Crippen LogP contribution in [-0.4, -0.2) is 56.0 Å². The predicted octanol–water partition coefficient (Wildman–Crippen LogP) is 0.780. The van der Waals surface area contributed by atoms with E-state index in [2.05, 4.69) is 10.2 Å². The Kier molecular flexibility index (Phi) is 3.65. The summed E-state index contributed by atoms with van der Waals surface area (Å²) in [5, 5.41) is 3.69. The maximum absolute atomic E-state index is 11.7. The van der Waals surface area contributed by atoms with Crippen molar-refractivity contribution in [2.45, 2.75) is 56.7 Å². The molecule has 1 N–H and O–H groups in total. The first-order chi connectivity index (χ1) is 8.62. The Bertz CT molecular complexity index is 392. The highest BCUT2D eigenvalue weighted by Crippen LogP contribution is 2.25. The second-order valence-electron chi connectivity index (χ2n) is 6.19. The van der Waals surface area contributed by atoms with Gasteiger partial charge in [-0.3, -0.25) is 4.90 Å². The zero-order valence-corrected chi connectivity index (χ0v) is 11.8. The Labute approximate surface area is 110 Å². The summed E-state index contributed by atoms with van der Waals surface area (Å²) in [6.07, 6.45) is 7.04. The molecule has 2 atom stereocenters. The number of rotatable bonds is 3. The van der Waals surface area contributed by atoms with Crippen LogP contribution in [0.2, 0.25) is 0 Å². The van der Waals surface area contributed by atoms with Crippen molar-refractivity contribution in [3.05, 3.63) is 0 Å². The van der Waals surface area contributed by atoms with E-state index in [1.165, 1.54) is 25.7 Å². The third kappa shape index (κ3) is 3.25. The fraction of sp³-hybridized carbons (Fsp3) is 1.00. The van der Waals surface area contributed by atoms with Gasteiger partial charge in [0, 0.05) is 24.7 Å². The van der Waals surface area contributed by atoms with Crippen molar-refractivity contribution in [2.75, 3.05) is 24.6 Å². The first-order valence-corrected chi connectivity index (χ1v) is 9.15. The van der Waals surface area contributed by atoms with Crippen LogP contribution in [0.15, 0.2) is 0 Å². The van der Waals surface area contributed by atoms with Crippen molar-refractivity contribution in [1.82, 2.24) is 10.2 Å². The summed E-state index contributed by atoms with van der Waals surface area (Å²) in [5.41, 5.74) is 0. The third-order valence-corrected chi connectivity index (χ3v) is 6.26. The van der Waals surface area contributed by atoms with Gasteiger partial charge in [-0.1, -0.05) is 0 Å². The van der Waals surface area contributed by atoms with Gasteiger partial charge in [0.15, 0.2) is 9.84 Å². The Morgan fingerprint density at radius 3 is 2.56 bits per heavy atom. The first-order valence-electron chi connectivity index (χ1n) is 7.33. The smallest absolute Gasteiger partial charge is 0.151 e. The molecule has 1 saturated carbocycles. The van der Waals surface area contributed by atoms with Crippen molar-refractivity contribution in [2.24, 2.45) is 0 Å². The number of likely N-dealkylation sites (tertiary alicyclic amines) is 1. The van der Waals surface area contributed by atoms with Crippen molar-refractivity contribution in [3.8, 4) is 0 Å². The molecule has 0 aromatic carbocycles. The van der Waals surface area contributed by atoms with Crippen LogP contribution in [0, 0.1) is 0 Å². The molecule has 3 aliphatic rings. The largest absolute Gasteiger partial charge is 0.310 e. The van der Waals surface area contributed by atoms with Gasteiger partial charge in [0.2, 0.25) is 0 Å². The molecule has 0 aromatic heterocycles. The first kappa shape index (κ1) is 12.9. The minimum Gasteiger partial charge on any atom is -0.310 e. The molecule has 0 aromatic rings. The van der Waals surface area contributed by atoms with Crippen LogP contribution in [0.25, 0.3) is 0 Å². The summed E-state index contributed by atoms with van der Waals surface area (Å²) in [6, 6.07) is 1.63. The van der Waals surface area contributed by atoms with Crippen LogP contribution in [-0.2, 0) is 9.84 Å². The van der Waals surface area contributed by atoms with Crippen LogP contribution >= 0.6 is 0 Å². The number of hydrogen-bond acceptors (Lipinski definition) is 4. The Morgan fingerprint density at radius 2 is 1.83 bits per heavy atom. The van der Waals surface area contributed by atoms with Crippen LogP contribution in [0.1, 0.15) is 38.5 Å². The standard InChI is InChI=1S/C13H24N2O2S/c16-18(17)8-2-4-13(10-18)15-7-1-3-12(9-15)14-11-5-6-11/h11-14H,1-10H2. The highest BCUT2D eigenvalue weighted by atomic mass is 32.2.